The smallest absolute Gasteiger partial charge is 0.228 e. The molecule has 0 bridgehead atoms. The number of methoxy groups -OCH3 is 1. The molecule has 1 amide bonds. The number of thioether (sulfide) groups is 1. The average molecular weight is 567 g/mol. The fourth-order valence-electron chi connectivity index (χ4n) is 5.09. The molecule has 0 aromatic heterocycles. The number of allylic oxidation sites excluding steroid dienone is 1. The summed E-state index contributed by atoms with van der Waals surface area (Å²) in [5, 5.41) is 5.33. The van der Waals surface area contributed by atoms with Crippen LogP contribution in [0.1, 0.15) is 102 Å². The van der Waals surface area contributed by atoms with Crippen LogP contribution in [0.15, 0.2) is 53.6 Å². The van der Waals surface area contributed by atoms with E-state index in [0.717, 1.165) is 35.7 Å². The number of amides is 1. The normalized spacial score (nSPS) is 12.9. The van der Waals surface area contributed by atoms with Crippen LogP contribution in [0.5, 0.6) is 11.5 Å². The van der Waals surface area contributed by atoms with E-state index >= 15 is 0 Å². The zero-order valence-electron chi connectivity index (χ0n) is 25.0. The van der Waals surface area contributed by atoms with Crippen LogP contribution < -0.4 is 14.8 Å². The minimum absolute atomic E-state index is 0.0565. The molecule has 5 nitrogen and oxygen atoms in total. The lowest BCUT2D eigenvalue weighted by molar-refractivity contribution is -0.115. The molecule has 6 heteroatoms. The van der Waals surface area contributed by atoms with Crippen molar-refractivity contribution < 1.29 is 14.3 Å². The molecule has 1 heterocycles. The third-order valence-corrected chi connectivity index (χ3v) is 8.48. The first kappa shape index (κ1) is 31.9. The average Bonchev–Trinajstić information content (AvgIpc) is 3.36. The Labute approximate surface area is 247 Å². The Balaban J connectivity index is 1.43. The lowest BCUT2D eigenvalue weighted by atomic mass is 10.1. The molecule has 2 aromatic carbocycles. The minimum Gasteiger partial charge on any atom is -0.493 e. The first-order valence-electron chi connectivity index (χ1n) is 15.3. The molecular formula is C34H50N2O3S. The van der Waals surface area contributed by atoms with Crippen LogP contribution in [0.4, 0.5) is 5.69 Å². The zero-order chi connectivity index (χ0) is 28.4. The van der Waals surface area contributed by atoms with Crippen molar-refractivity contribution in [3.8, 4) is 11.5 Å². The van der Waals surface area contributed by atoms with Gasteiger partial charge in [0.05, 0.1) is 26.0 Å². The van der Waals surface area contributed by atoms with Crippen LogP contribution >= 0.6 is 11.8 Å². The maximum absolute atomic E-state index is 13.1. The summed E-state index contributed by atoms with van der Waals surface area (Å²) in [7, 11) is 1.65. The monoisotopic (exact) mass is 566 g/mol. The van der Waals surface area contributed by atoms with Crippen molar-refractivity contribution in [1.29, 1.82) is 0 Å². The van der Waals surface area contributed by atoms with Gasteiger partial charge in [-0.05, 0) is 36.4 Å². The maximum atomic E-state index is 13.1. The maximum Gasteiger partial charge on any atom is 0.228 e. The number of hydrogen-bond acceptors (Lipinski definition) is 5. The molecule has 0 fully saturated rings. The highest BCUT2D eigenvalue weighted by molar-refractivity contribution is 8.02. The molecule has 40 heavy (non-hydrogen) atoms. The van der Waals surface area contributed by atoms with Gasteiger partial charge in [0, 0.05) is 23.5 Å². The third kappa shape index (κ3) is 11.1. The van der Waals surface area contributed by atoms with Crippen LogP contribution in [0.3, 0.4) is 0 Å². The molecule has 0 radical (unpaired) electrons. The van der Waals surface area contributed by atoms with Gasteiger partial charge < -0.3 is 19.7 Å². The topological polar surface area (TPSA) is 50.8 Å². The number of rotatable bonds is 20. The molecule has 0 spiro atoms. The Morgan fingerprint density at radius 1 is 0.875 bits per heavy atom. The SMILES string of the molecule is CCCCCCCCCCCCCCOc1c(CC(=O)Nc2ccccc2CN2CSC=C2C)cccc1OC. The van der Waals surface area contributed by atoms with E-state index in [1.807, 2.05) is 36.4 Å². The van der Waals surface area contributed by atoms with E-state index in [-0.39, 0.29) is 12.3 Å². The highest BCUT2D eigenvalue weighted by Crippen LogP contribution is 2.32. The third-order valence-electron chi connectivity index (χ3n) is 7.51. The second-order valence-corrected chi connectivity index (χ2v) is 11.6. The van der Waals surface area contributed by atoms with Crippen LogP contribution in [0.2, 0.25) is 0 Å². The quantitative estimate of drug-likeness (QED) is 0.162. The van der Waals surface area contributed by atoms with Gasteiger partial charge in [0.15, 0.2) is 11.5 Å². The van der Waals surface area contributed by atoms with E-state index in [9.17, 15) is 4.79 Å². The van der Waals surface area contributed by atoms with Gasteiger partial charge in [0.2, 0.25) is 5.91 Å². The summed E-state index contributed by atoms with van der Waals surface area (Å²) in [5.74, 6) is 2.25. The standard InChI is InChI=1S/C34H50N2O3S/c1-4-5-6-7-8-9-10-11-12-13-14-17-23-39-34-29(20-18-22-32(34)38-3)24-33(37)35-31-21-16-15-19-30(31)25-36-27-40-26-28(36)2/h15-16,18-22,26H,4-14,17,23-25,27H2,1-3H3,(H,35,37). The van der Waals surface area contributed by atoms with Crippen molar-refractivity contribution in [1.82, 2.24) is 4.90 Å². The van der Waals surface area contributed by atoms with Crippen molar-refractivity contribution >= 4 is 23.4 Å². The molecule has 2 aromatic rings. The second kappa shape index (κ2) is 18.7. The second-order valence-electron chi connectivity index (χ2n) is 10.8. The molecule has 0 unspecified atom stereocenters. The number of nitrogens with one attached hydrogen (secondary N) is 1. The lowest BCUT2D eigenvalue weighted by Gasteiger charge is -2.21. The van der Waals surface area contributed by atoms with Gasteiger partial charge in [-0.2, -0.15) is 0 Å². The van der Waals surface area contributed by atoms with Crippen molar-refractivity contribution in [2.24, 2.45) is 0 Å². The number of ether oxygens (including phenoxy) is 2. The van der Waals surface area contributed by atoms with Crippen LogP contribution in [-0.2, 0) is 17.8 Å². The summed E-state index contributed by atoms with van der Waals surface area (Å²) >= 11 is 1.80. The van der Waals surface area contributed by atoms with E-state index in [2.05, 4.69) is 35.5 Å². The molecule has 0 atom stereocenters. The predicted molar refractivity (Wildman–Crippen MR) is 170 cm³/mol. The minimum atomic E-state index is -0.0565. The van der Waals surface area contributed by atoms with Gasteiger partial charge in [-0.15, -0.1) is 11.8 Å². The van der Waals surface area contributed by atoms with E-state index in [0.29, 0.717) is 18.1 Å². The molecule has 0 aliphatic carbocycles. The number of benzene rings is 2. The fraction of sp³-hybridized carbons (Fsp3) is 0.559. The van der Waals surface area contributed by atoms with Crippen LogP contribution in [-0.4, -0.2) is 30.4 Å². The highest BCUT2D eigenvalue weighted by atomic mass is 32.2. The van der Waals surface area contributed by atoms with Gasteiger partial charge in [-0.25, -0.2) is 0 Å². The molecule has 0 saturated carbocycles. The summed E-state index contributed by atoms with van der Waals surface area (Å²) < 4.78 is 11.8. The van der Waals surface area contributed by atoms with Crippen molar-refractivity contribution in [2.75, 3.05) is 24.9 Å². The molecular weight excluding hydrogens is 516 g/mol. The van der Waals surface area contributed by atoms with Crippen LogP contribution in [0, 0.1) is 0 Å². The number of nitrogens with zero attached hydrogens (tertiary/aromatic N) is 1. The predicted octanol–water partition coefficient (Wildman–Crippen LogP) is 9.32. The van der Waals surface area contributed by atoms with Gasteiger partial charge in [0.1, 0.15) is 0 Å². The highest BCUT2D eigenvalue weighted by Gasteiger charge is 2.17. The number of carbonyl (C=O) groups excluding carboxylic acids is 1. The summed E-state index contributed by atoms with van der Waals surface area (Å²) in [4.78, 5) is 15.5. The van der Waals surface area contributed by atoms with Gasteiger partial charge in [0.25, 0.3) is 0 Å². The lowest BCUT2D eigenvalue weighted by Crippen LogP contribution is -2.20. The molecule has 0 saturated heterocycles. The number of para-hydroxylation sites is 2. The van der Waals surface area contributed by atoms with Crippen molar-refractivity contribution in [2.45, 2.75) is 104 Å². The largest absolute Gasteiger partial charge is 0.493 e. The fourth-order valence-corrected chi connectivity index (χ4v) is 6.03. The van der Waals surface area contributed by atoms with E-state index in [1.165, 1.54) is 76.3 Å². The Morgan fingerprint density at radius 3 is 2.17 bits per heavy atom. The molecule has 1 N–H and O–H groups in total. The first-order valence-corrected chi connectivity index (χ1v) is 16.4. The Kier molecular flexibility index (Phi) is 14.9. The Bertz CT molecular complexity index is 1060. The molecule has 3 rings (SSSR count). The molecule has 1 aliphatic heterocycles. The van der Waals surface area contributed by atoms with E-state index in [4.69, 9.17) is 9.47 Å². The summed E-state index contributed by atoms with van der Waals surface area (Å²) in [6.07, 6.45) is 16.0. The number of unbranched alkanes of at least 4 members (excludes halogenated alkanes) is 11. The number of anilines is 1. The summed E-state index contributed by atoms with van der Waals surface area (Å²) in [6.45, 7) is 5.81. The van der Waals surface area contributed by atoms with Crippen molar-refractivity contribution in [3.05, 3.63) is 64.7 Å². The van der Waals surface area contributed by atoms with Crippen LogP contribution in [0.25, 0.3) is 0 Å². The van der Waals surface area contributed by atoms with Gasteiger partial charge in [-0.3, -0.25) is 4.79 Å². The van der Waals surface area contributed by atoms with Gasteiger partial charge >= 0.3 is 0 Å². The van der Waals surface area contributed by atoms with Gasteiger partial charge in [-0.1, -0.05) is 108 Å². The molecule has 1 aliphatic rings. The molecule has 220 valence electrons. The van der Waals surface area contributed by atoms with Crippen molar-refractivity contribution in [3.63, 3.8) is 0 Å². The summed E-state index contributed by atoms with van der Waals surface area (Å²) in [6, 6.07) is 13.8. The Hall–Kier alpha value is -2.60. The number of hydrogen-bond donors (Lipinski definition) is 1. The van der Waals surface area contributed by atoms with E-state index < -0.39 is 0 Å². The van der Waals surface area contributed by atoms with E-state index in [1.54, 1.807) is 18.9 Å². The number of carbonyl (C=O) groups is 1. The zero-order valence-corrected chi connectivity index (χ0v) is 25.8. The first-order chi connectivity index (χ1) is 19.6. The Morgan fingerprint density at radius 2 is 1.52 bits per heavy atom. The summed E-state index contributed by atoms with van der Waals surface area (Å²) in [5.41, 5.74) is 4.08.